The van der Waals surface area contributed by atoms with Gasteiger partial charge in [0, 0.05) is 22.1 Å². The van der Waals surface area contributed by atoms with Crippen LogP contribution < -0.4 is 10.6 Å². The fraction of sp³-hybridized carbons (Fsp3) is 0.0500. The second-order valence-corrected chi connectivity index (χ2v) is 7.67. The van der Waals surface area contributed by atoms with Gasteiger partial charge in [-0.2, -0.15) is 5.10 Å². The maximum atomic E-state index is 13.5. The molecular weight excluding hydrogens is 413 g/mol. The van der Waals surface area contributed by atoms with Crippen molar-refractivity contribution in [2.45, 2.75) is 6.92 Å². The number of hydrogen-bond acceptors (Lipinski definition) is 4. The Kier molecular flexibility index (Phi) is 5.28. The first-order chi connectivity index (χ1) is 14.0. The first kappa shape index (κ1) is 19.1. The lowest BCUT2D eigenvalue weighted by Gasteiger charge is -2.08. The number of thiazole rings is 1. The number of nitrogens with one attached hydrogen (secondary N) is 3. The number of amides is 2. The predicted octanol–water partition coefficient (Wildman–Crippen LogP) is 5.93. The van der Waals surface area contributed by atoms with Crippen LogP contribution in [0.15, 0.2) is 41.8 Å². The van der Waals surface area contributed by atoms with Crippen molar-refractivity contribution in [1.82, 2.24) is 15.2 Å². The summed E-state index contributed by atoms with van der Waals surface area (Å²) in [6, 6.07) is 8.96. The Balaban J connectivity index is 1.47. The molecule has 2 amide bonds. The molecule has 4 rings (SSSR count). The summed E-state index contributed by atoms with van der Waals surface area (Å²) in [5.74, 6) is -0.600. The van der Waals surface area contributed by atoms with Gasteiger partial charge < -0.3 is 10.6 Å². The number of benzene rings is 2. The number of aryl methyl sites for hydroxylation is 1. The van der Waals surface area contributed by atoms with E-state index in [1.807, 2.05) is 30.5 Å². The first-order valence-corrected chi connectivity index (χ1v) is 9.85. The molecule has 0 aliphatic carbocycles. The molecule has 0 saturated carbocycles. The van der Waals surface area contributed by atoms with Gasteiger partial charge in [0.05, 0.1) is 26.9 Å². The second-order valence-electron chi connectivity index (χ2n) is 6.20. The number of rotatable bonds is 4. The van der Waals surface area contributed by atoms with Crippen LogP contribution in [0.25, 0.3) is 23.1 Å². The molecule has 6 nitrogen and oxygen atoms in total. The lowest BCUT2D eigenvalue weighted by atomic mass is 10.2. The molecule has 29 heavy (non-hydrogen) atoms. The van der Waals surface area contributed by atoms with Crippen LogP contribution in [-0.4, -0.2) is 21.2 Å². The van der Waals surface area contributed by atoms with Crippen LogP contribution in [0.1, 0.15) is 16.4 Å². The maximum Gasteiger partial charge on any atom is 0.323 e. The average molecular weight is 428 g/mol. The van der Waals surface area contributed by atoms with Crippen molar-refractivity contribution in [3.8, 4) is 0 Å². The third kappa shape index (κ3) is 4.44. The molecule has 0 radical (unpaired) electrons. The molecule has 0 unspecified atom stereocenters. The minimum Gasteiger partial charge on any atom is -0.308 e. The topological polar surface area (TPSA) is 82.7 Å². The summed E-state index contributed by atoms with van der Waals surface area (Å²) in [6.07, 6.45) is 3.80. The number of hydrogen-bond donors (Lipinski definition) is 3. The quantitative estimate of drug-likeness (QED) is 0.377. The predicted molar refractivity (Wildman–Crippen MR) is 116 cm³/mol. The van der Waals surface area contributed by atoms with E-state index in [1.54, 1.807) is 23.5 Å². The Hall–Kier alpha value is -3.23. The minimum atomic E-state index is -0.600. The van der Waals surface area contributed by atoms with Crippen molar-refractivity contribution in [2.24, 2.45) is 0 Å². The van der Waals surface area contributed by atoms with Gasteiger partial charge in [-0.15, -0.1) is 11.3 Å². The van der Waals surface area contributed by atoms with Crippen LogP contribution in [0.3, 0.4) is 0 Å². The van der Waals surface area contributed by atoms with Gasteiger partial charge in [0.25, 0.3) is 0 Å². The third-order valence-electron chi connectivity index (χ3n) is 4.08. The summed E-state index contributed by atoms with van der Waals surface area (Å²) in [5.41, 5.74) is 3.31. The van der Waals surface area contributed by atoms with E-state index < -0.39 is 11.8 Å². The van der Waals surface area contributed by atoms with Crippen LogP contribution in [0.4, 0.5) is 20.6 Å². The van der Waals surface area contributed by atoms with Gasteiger partial charge in [-0.3, -0.25) is 5.10 Å². The maximum absolute atomic E-state index is 13.5. The number of urea groups is 1. The average Bonchev–Trinajstić information content (AvgIpc) is 3.28. The molecule has 0 atom stereocenters. The van der Waals surface area contributed by atoms with Gasteiger partial charge >= 0.3 is 6.03 Å². The van der Waals surface area contributed by atoms with E-state index >= 15 is 0 Å². The smallest absolute Gasteiger partial charge is 0.308 e. The number of aromatic nitrogens is 3. The summed E-state index contributed by atoms with van der Waals surface area (Å²) in [6.45, 7) is 1.96. The molecule has 9 heteroatoms. The fourth-order valence-corrected chi connectivity index (χ4v) is 3.43. The number of carbonyl (C=O) groups excluding carboxylic acids is 1. The molecule has 2 heterocycles. The number of aromatic amines is 1. The lowest BCUT2D eigenvalue weighted by Crippen LogP contribution is -2.19. The third-order valence-corrected chi connectivity index (χ3v) is 5.17. The standard InChI is InChI=1S/C20H15ClFN5OS/c1-11-23-14(10-29-11)4-7-18-15-5-2-13(9-19(15)27-26-18)25-20(28)24-12-3-6-16(21)17(22)8-12/h2-10H,1H3,(H,26,27)(H2,24,25,28)/b7-4+. The van der Waals surface area contributed by atoms with Gasteiger partial charge in [-0.25, -0.2) is 14.2 Å². The minimum absolute atomic E-state index is 0.00424. The zero-order valence-corrected chi connectivity index (χ0v) is 16.7. The van der Waals surface area contributed by atoms with Crippen molar-refractivity contribution >= 4 is 63.4 Å². The van der Waals surface area contributed by atoms with Gasteiger partial charge in [-0.05, 0) is 55.5 Å². The molecule has 0 aliphatic heterocycles. The van der Waals surface area contributed by atoms with E-state index in [2.05, 4.69) is 25.8 Å². The monoisotopic (exact) mass is 427 g/mol. The molecule has 0 aliphatic rings. The highest BCUT2D eigenvalue weighted by atomic mass is 35.5. The van der Waals surface area contributed by atoms with E-state index in [9.17, 15) is 9.18 Å². The lowest BCUT2D eigenvalue weighted by molar-refractivity contribution is 0.262. The molecule has 0 bridgehead atoms. The summed E-state index contributed by atoms with van der Waals surface area (Å²) < 4.78 is 13.5. The Morgan fingerprint density at radius 3 is 2.66 bits per heavy atom. The number of halogens is 2. The molecule has 0 spiro atoms. The van der Waals surface area contributed by atoms with E-state index in [1.165, 1.54) is 12.1 Å². The SMILES string of the molecule is Cc1nc(/C=C/c2n[nH]c3cc(NC(=O)Nc4ccc(Cl)c(F)c4)ccc23)cs1. The van der Waals surface area contributed by atoms with Crippen molar-refractivity contribution in [3.05, 3.63) is 69.0 Å². The summed E-state index contributed by atoms with van der Waals surface area (Å²) in [7, 11) is 0. The summed E-state index contributed by atoms with van der Waals surface area (Å²) in [5, 5.41) is 16.4. The van der Waals surface area contributed by atoms with E-state index in [0.717, 1.165) is 33.4 Å². The molecule has 2 aromatic carbocycles. The van der Waals surface area contributed by atoms with Crippen molar-refractivity contribution in [2.75, 3.05) is 10.6 Å². The molecule has 0 fully saturated rings. The van der Waals surface area contributed by atoms with Crippen LogP contribution in [0.2, 0.25) is 5.02 Å². The highest BCUT2D eigenvalue weighted by Crippen LogP contribution is 2.23. The van der Waals surface area contributed by atoms with Gasteiger partial charge in [0.2, 0.25) is 0 Å². The number of fused-ring (bicyclic) bond motifs is 1. The second kappa shape index (κ2) is 8.02. The molecule has 3 N–H and O–H groups in total. The molecule has 2 aromatic heterocycles. The summed E-state index contributed by atoms with van der Waals surface area (Å²) >= 11 is 7.23. The Morgan fingerprint density at radius 2 is 1.93 bits per heavy atom. The van der Waals surface area contributed by atoms with Gasteiger partial charge in [0.15, 0.2) is 0 Å². The zero-order valence-electron chi connectivity index (χ0n) is 15.2. The fourth-order valence-electron chi connectivity index (χ4n) is 2.73. The number of anilines is 2. The molecule has 146 valence electrons. The van der Waals surface area contributed by atoms with Crippen LogP contribution in [0, 0.1) is 12.7 Å². The number of carbonyl (C=O) groups is 1. The van der Waals surface area contributed by atoms with Crippen molar-refractivity contribution < 1.29 is 9.18 Å². The van der Waals surface area contributed by atoms with Crippen LogP contribution >= 0.6 is 22.9 Å². The summed E-state index contributed by atoms with van der Waals surface area (Å²) in [4.78, 5) is 16.6. The number of nitrogens with zero attached hydrogens (tertiary/aromatic N) is 2. The largest absolute Gasteiger partial charge is 0.323 e. The zero-order chi connectivity index (χ0) is 20.4. The number of H-pyrrole nitrogens is 1. The van der Waals surface area contributed by atoms with Gasteiger partial charge in [0.1, 0.15) is 5.82 Å². The Bertz CT molecular complexity index is 1230. The molecule has 0 saturated heterocycles. The van der Waals surface area contributed by atoms with Crippen LogP contribution in [0.5, 0.6) is 0 Å². The highest BCUT2D eigenvalue weighted by molar-refractivity contribution is 7.09. The Labute approximate surface area is 174 Å². The van der Waals surface area contributed by atoms with E-state index in [0.29, 0.717) is 11.4 Å². The van der Waals surface area contributed by atoms with E-state index in [4.69, 9.17) is 11.6 Å². The first-order valence-electron chi connectivity index (χ1n) is 8.59. The van der Waals surface area contributed by atoms with Gasteiger partial charge in [-0.1, -0.05) is 11.6 Å². The highest BCUT2D eigenvalue weighted by Gasteiger charge is 2.08. The molecule has 4 aromatic rings. The normalized spacial score (nSPS) is 11.3. The van der Waals surface area contributed by atoms with E-state index in [-0.39, 0.29) is 5.02 Å². The Morgan fingerprint density at radius 1 is 1.17 bits per heavy atom. The van der Waals surface area contributed by atoms with Crippen LogP contribution in [-0.2, 0) is 0 Å². The van der Waals surface area contributed by atoms with Crippen molar-refractivity contribution in [1.29, 1.82) is 0 Å². The molecular formula is C20H15ClFN5OS. The van der Waals surface area contributed by atoms with Crippen molar-refractivity contribution in [3.63, 3.8) is 0 Å².